The Kier molecular flexibility index (Phi) is 6.79. The molecule has 5 rings (SSSR count). The molecule has 2 unspecified atom stereocenters. The van der Waals surface area contributed by atoms with E-state index in [1.165, 1.54) is 44.9 Å². The number of hydrogen-bond acceptors (Lipinski definition) is 6. The maximum Gasteiger partial charge on any atom is 0.362 e. The van der Waals surface area contributed by atoms with Gasteiger partial charge in [-0.25, -0.2) is 9.78 Å². The first-order valence-corrected chi connectivity index (χ1v) is 12.7. The van der Waals surface area contributed by atoms with Crippen LogP contribution in [0.15, 0.2) is 29.1 Å². The van der Waals surface area contributed by atoms with Crippen molar-refractivity contribution in [3.8, 4) is 0 Å². The minimum atomic E-state index is -0.641. The molecule has 0 spiro atoms. The molecule has 1 saturated carbocycles. The SMILES string of the molecule is CCOC(=O)c1nc2ccccc2n(C2CC3COCC(C2)N3C2CCCCCCC2)c1=O. The van der Waals surface area contributed by atoms with Crippen LogP contribution >= 0.6 is 0 Å². The van der Waals surface area contributed by atoms with Gasteiger partial charge in [0.25, 0.3) is 5.56 Å². The fourth-order valence-electron chi connectivity index (χ4n) is 6.30. The normalized spacial score (nSPS) is 27.1. The van der Waals surface area contributed by atoms with Crippen LogP contribution in [0.1, 0.15) is 81.2 Å². The predicted molar refractivity (Wildman–Crippen MR) is 127 cm³/mol. The Balaban J connectivity index is 1.49. The van der Waals surface area contributed by atoms with Gasteiger partial charge < -0.3 is 14.0 Å². The molecule has 2 bridgehead atoms. The minimum absolute atomic E-state index is 0.0160. The molecule has 0 amide bonds. The number of rotatable bonds is 4. The third-order valence-electron chi connectivity index (χ3n) is 7.68. The summed E-state index contributed by atoms with van der Waals surface area (Å²) in [4.78, 5) is 33.2. The Morgan fingerprint density at radius 1 is 1.00 bits per heavy atom. The lowest BCUT2D eigenvalue weighted by molar-refractivity contribution is -0.108. The highest BCUT2D eigenvalue weighted by Crippen LogP contribution is 2.38. The number of nitrogens with zero attached hydrogens (tertiary/aromatic N) is 3. The number of piperidine rings is 1. The minimum Gasteiger partial charge on any atom is -0.461 e. The standard InChI is InChI=1S/C26H35N3O4/c1-2-33-26(31)24-25(30)29(23-13-9-8-12-22(23)27-24)19-14-20-16-32-17-21(15-19)28(20)18-10-6-4-3-5-7-11-18/h8-9,12-13,18-21H,2-7,10-11,14-17H2,1H3. The number of aromatic nitrogens is 2. The first-order valence-electron chi connectivity index (χ1n) is 12.7. The van der Waals surface area contributed by atoms with Crippen molar-refractivity contribution < 1.29 is 14.3 Å². The molecule has 2 aromatic rings. The van der Waals surface area contributed by atoms with Crippen LogP contribution in [0.2, 0.25) is 0 Å². The summed E-state index contributed by atoms with van der Waals surface area (Å²) in [7, 11) is 0. The number of hydrogen-bond donors (Lipinski definition) is 0. The van der Waals surface area contributed by atoms with Crippen LogP contribution in [0.5, 0.6) is 0 Å². The molecule has 1 aliphatic carbocycles. The van der Waals surface area contributed by atoms with Crippen LogP contribution in [0, 0.1) is 0 Å². The predicted octanol–water partition coefficient (Wildman–Crippen LogP) is 4.09. The Morgan fingerprint density at radius 2 is 1.67 bits per heavy atom. The topological polar surface area (TPSA) is 73.7 Å². The Labute approximate surface area is 195 Å². The van der Waals surface area contributed by atoms with Gasteiger partial charge in [-0.05, 0) is 44.7 Å². The van der Waals surface area contributed by atoms with Crippen molar-refractivity contribution in [2.24, 2.45) is 0 Å². The number of ether oxygens (including phenoxy) is 2. The van der Waals surface area contributed by atoms with E-state index in [9.17, 15) is 9.59 Å². The molecule has 1 aromatic heterocycles. The summed E-state index contributed by atoms with van der Waals surface area (Å²) in [6.45, 7) is 3.38. The lowest BCUT2D eigenvalue weighted by Crippen LogP contribution is -2.61. The summed E-state index contributed by atoms with van der Waals surface area (Å²) in [5.41, 5.74) is 0.998. The van der Waals surface area contributed by atoms with Gasteiger partial charge in [-0.2, -0.15) is 0 Å². The van der Waals surface area contributed by atoms with Gasteiger partial charge in [-0.1, -0.05) is 44.2 Å². The van der Waals surface area contributed by atoms with Gasteiger partial charge in [0.15, 0.2) is 0 Å². The van der Waals surface area contributed by atoms with E-state index >= 15 is 0 Å². The van der Waals surface area contributed by atoms with Crippen LogP contribution in [-0.4, -0.2) is 58.4 Å². The lowest BCUT2D eigenvalue weighted by Gasteiger charge is -2.52. The van der Waals surface area contributed by atoms with Crippen LogP contribution in [0.4, 0.5) is 0 Å². The van der Waals surface area contributed by atoms with Gasteiger partial charge in [0.2, 0.25) is 5.69 Å². The molecule has 3 aliphatic rings. The molecule has 1 aromatic carbocycles. The monoisotopic (exact) mass is 453 g/mol. The van der Waals surface area contributed by atoms with Crippen molar-refractivity contribution in [3.63, 3.8) is 0 Å². The molecule has 3 fully saturated rings. The summed E-state index contributed by atoms with van der Waals surface area (Å²) in [5, 5.41) is 0. The molecule has 178 valence electrons. The van der Waals surface area contributed by atoms with E-state index in [2.05, 4.69) is 9.88 Å². The van der Waals surface area contributed by atoms with Gasteiger partial charge >= 0.3 is 5.97 Å². The summed E-state index contributed by atoms with van der Waals surface area (Å²) in [6, 6.07) is 8.85. The summed E-state index contributed by atoms with van der Waals surface area (Å²) < 4.78 is 13.0. The van der Waals surface area contributed by atoms with Crippen molar-refractivity contribution in [2.75, 3.05) is 19.8 Å². The molecular formula is C26H35N3O4. The molecule has 33 heavy (non-hydrogen) atoms. The van der Waals surface area contributed by atoms with Crippen molar-refractivity contribution in [1.29, 1.82) is 0 Å². The first-order chi connectivity index (χ1) is 16.2. The molecule has 7 heteroatoms. The summed E-state index contributed by atoms with van der Waals surface area (Å²) in [5.74, 6) is -0.641. The molecule has 2 atom stereocenters. The zero-order chi connectivity index (χ0) is 22.8. The number of carbonyl (C=O) groups excluding carboxylic acids is 1. The van der Waals surface area contributed by atoms with Gasteiger partial charge in [-0.3, -0.25) is 9.69 Å². The fraction of sp³-hybridized carbons (Fsp3) is 0.654. The third kappa shape index (κ3) is 4.45. The Morgan fingerprint density at radius 3 is 2.36 bits per heavy atom. The lowest BCUT2D eigenvalue weighted by atomic mass is 9.85. The number of fused-ring (bicyclic) bond motifs is 3. The average Bonchev–Trinajstić information content (AvgIpc) is 2.78. The summed E-state index contributed by atoms with van der Waals surface area (Å²) in [6.07, 6.45) is 10.9. The maximum atomic E-state index is 13.5. The second-order valence-corrected chi connectivity index (χ2v) is 9.76. The second-order valence-electron chi connectivity index (χ2n) is 9.76. The smallest absolute Gasteiger partial charge is 0.362 e. The van der Waals surface area contributed by atoms with Gasteiger partial charge in [0.1, 0.15) is 0 Å². The Hall–Kier alpha value is -2.25. The number of para-hydroxylation sites is 2. The van der Waals surface area contributed by atoms with Crippen molar-refractivity contribution in [3.05, 3.63) is 40.3 Å². The molecule has 3 heterocycles. The van der Waals surface area contributed by atoms with Gasteiger partial charge in [0, 0.05) is 24.2 Å². The highest BCUT2D eigenvalue weighted by molar-refractivity contribution is 5.89. The van der Waals surface area contributed by atoms with Crippen LogP contribution < -0.4 is 5.56 Å². The van der Waals surface area contributed by atoms with E-state index in [-0.39, 0.29) is 23.9 Å². The number of benzene rings is 1. The molecule has 0 radical (unpaired) electrons. The maximum absolute atomic E-state index is 13.5. The van der Waals surface area contributed by atoms with Crippen LogP contribution in [0.25, 0.3) is 11.0 Å². The molecule has 2 aliphatic heterocycles. The zero-order valence-corrected chi connectivity index (χ0v) is 19.6. The van der Waals surface area contributed by atoms with Gasteiger partial charge in [-0.15, -0.1) is 0 Å². The van der Waals surface area contributed by atoms with Crippen LogP contribution in [-0.2, 0) is 9.47 Å². The molecule has 2 saturated heterocycles. The number of carbonyl (C=O) groups is 1. The number of morpholine rings is 1. The highest BCUT2D eigenvalue weighted by Gasteiger charge is 2.43. The quantitative estimate of drug-likeness (QED) is 0.649. The van der Waals surface area contributed by atoms with E-state index in [0.29, 0.717) is 36.9 Å². The highest BCUT2D eigenvalue weighted by atomic mass is 16.5. The molecule has 7 nitrogen and oxygen atoms in total. The van der Waals surface area contributed by atoms with Crippen molar-refractivity contribution >= 4 is 17.0 Å². The van der Waals surface area contributed by atoms with Crippen molar-refractivity contribution in [2.45, 2.75) is 88.9 Å². The third-order valence-corrected chi connectivity index (χ3v) is 7.68. The first kappa shape index (κ1) is 22.5. The summed E-state index contributed by atoms with van der Waals surface area (Å²) >= 11 is 0. The Bertz CT molecular complexity index is 1030. The van der Waals surface area contributed by atoms with Crippen molar-refractivity contribution in [1.82, 2.24) is 14.5 Å². The average molecular weight is 454 g/mol. The van der Waals surface area contributed by atoms with Crippen LogP contribution in [0.3, 0.4) is 0 Å². The fourth-order valence-corrected chi connectivity index (χ4v) is 6.30. The van der Waals surface area contributed by atoms with E-state index in [1.807, 2.05) is 28.8 Å². The number of esters is 1. The molecular weight excluding hydrogens is 418 g/mol. The van der Waals surface area contributed by atoms with E-state index in [1.54, 1.807) is 6.92 Å². The van der Waals surface area contributed by atoms with Gasteiger partial charge in [0.05, 0.1) is 30.9 Å². The van der Waals surface area contributed by atoms with E-state index in [4.69, 9.17) is 9.47 Å². The van der Waals surface area contributed by atoms with E-state index < -0.39 is 5.97 Å². The van der Waals surface area contributed by atoms with E-state index in [0.717, 1.165) is 18.4 Å². The largest absolute Gasteiger partial charge is 0.461 e. The molecule has 0 N–H and O–H groups in total. The zero-order valence-electron chi connectivity index (χ0n) is 19.6. The second kappa shape index (κ2) is 9.94.